The molecule has 2 unspecified atom stereocenters. The van der Waals surface area contributed by atoms with Crippen LogP contribution in [-0.4, -0.2) is 56.1 Å². The third kappa shape index (κ3) is 4.27. The van der Waals surface area contributed by atoms with Crippen molar-refractivity contribution in [2.75, 3.05) is 24.5 Å². The van der Waals surface area contributed by atoms with Crippen molar-refractivity contribution in [1.29, 1.82) is 0 Å². The lowest BCUT2D eigenvalue weighted by Gasteiger charge is -2.33. The molecule has 6 rings (SSSR count). The van der Waals surface area contributed by atoms with E-state index in [1.54, 1.807) is 47.0 Å². The minimum atomic E-state index is -0.841. The minimum Gasteiger partial charge on any atom is -0.481 e. The number of nitrogens with zero attached hydrogens (tertiary/aromatic N) is 5. The molecule has 39 heavy (non-hydrogen) atoms. The highest BCUT2D eigenvalue weighted by molar-refractivity contribution is 7.10. The van der Waals surface area contributed by atoms with Gasteiger partial charge in [0.25, 0.3) is 5.91 Å². The highest BCUT2D eigenvalue weighted by Gasteiger charge is 2.40. The maximum absolute atomic E-state index is 15.4. The number of carboxylic acid groups (broad SMARTS) is 1. The molecule has 4 aromatic rings. The monoisotopic (exact) mass is 547 g/mol. The van der Waals surface area contributed by atoms with Gasteiger partial charge in [-0.2, -0.15) is 5.10 Å². The summed E-state index contributed by atoms with van der Waals surface area (Å²) in [5, 5.41) is 16.2. The van der Waals surface area contributed by atoms with Gasteiger partial charge in [0.2, 0.25) is 0 Å². The predicted octanol–water partition coefficient (Wildman–Crippen LogP) is 5.22. The maximum Gasteiger partial charge on any atom is 0.311 e. The summed E-state index contributed by atoms with van der Waals surface area (Å²) in [6.07, 6.45) is 1.98. The molecular weight excluding hydrogens is 517 g/mol. The van der Waals surface area contributed by atoms with E-state index >= 15 is 4.39 Å². The molecule has 1 fully saturated rings. The van der Waals surface area contributed by atoms with Crippen LogP contribution in [-0.2, 0) is 17.6 Å². The van der Waals surface area contributed by atoms with E-state index in [1.807, 2.05) is 16.7 Å². The number of hydrogen-bond donors (Lipinski definition) is 1. The Bertz CT molecular complexity index is 1610. The lowest BCUT2D eigenvalue weighted by atomic mass is 9.90. The lowest BCUT2D eigenvalue weighted by molar-refractivity contribution is -0.146. The molecule has 2 aliphatic heterocycles. The second-order valence-corrected chi connectivity index (χ2v) is 11.7. The molecule has 0 bridgehead atoms. The normalized spacial score (nSPS) is 21.0. The van der Waals surface area contributed by atoms with Crippen molar-refractivity contribution in [3.8, 4) is 11.3 Å². The first-order valence-electron chi connectivity index (χ1n) is 13.2. The van der Waals surface area contributed by atoms with Crippen LogP contribution in [0.25, 0.3) is 16.9 Å². The molecule has 2 aliphatic rings. The molecule has 5 heterocycles. The van der Waals surface area contributed by atoms with Crippen molar-refractivity contribution in [2.45, 2.75) is 46.1 Å². The Balaban J connectivity index is 1.30. The Morgan fingerprint density at radius 1 is 1.21 bits per heavy atom. The number of anilines is 1. The van der Waals surface area contributed by atoms with Gasteiger partial charge in [-0.15, -0.1) is 11.3 Å². The van der Waals surface area contributed by atoms with Crippen LogP contribution in [0.3, 0.4) is 0 Å². The summed E-state index contributed by atoms with van der Waals surface area (Å²) in [7, 11) is 0. The fourth-order valence-electron chi connectivity index (χ4n) is 5.73. The van der Waals surface area contributed by atoms with Crippen LogP contribution in [0.5, 0.6) is 0 Å². The predicted molar refractivity (Wildman–Crippen MR) is 148 cm³/mol. The second-order valence-electron chi connectivity index (χ2n) is 10.7. The fourth-order valence-corrected chi connectivity index (χ4v) is 6.69. The summed E-state index contributed by atoms with van der Waals surface area (Å²) in [6, 6.07) is 10.5. The van der Waals surface area contributed by atoms with E-state index in [4.69, 9.17) is 0 Å². The third-order valence-electron chi connectivity index (χ3n) is 8.20. The highest BCUT2D eigenvalue weighted by atomic mass is 32.1. The van der Waals surface area contributed by atoms with Crippen molar-refractivity contribution in [3.63, 3.8) is 0 Å². The molecule has 10 heteroatoms. The summed E-state index contributed by atoms with van der Waals surface area (Å²) < 4.78 is 17.0. The first kappa shape index (κ1) is 25.5. The summed E-state index contributed by atoms with van der Waals surface area (Å²) >= 11 is 1.74. The Hall–Kier alpha value is -3.79. The van der Waals surface area contributed by atoms with Gasteiger partial charge in [0.15, 0.2) is 5.65 Å². The van der Waals surface area contributed by atoms with E-state index in [0.717, 1.165) is 12.1 Å². The van der Waals surface area contributed by atoms with Crippen LogP contribution in [0.2, 0.25) is 0 Å². The van der Waals surface area contributed by atoms with Crippen LogP contribution >= 0.6 is 11.3 Å². The summed E-state index contributed by atoms with van der Waals surface area (Å²) in [5.41, 5.74) is 3.43. The maximum atomic E-state index is 15.4. The van der Waals surface area contributed by atoms with Crippen molar-refractivity contribution in [1.82, 2.24) is 19.5 Å². The van der Waals surface area contributed by atoms with Crippen LogP contribution in [0, 0.1) is 11.2 Å². The van der Waals surface area contributed by atoms with E-state index in [9.17, 15) is 14.7 Å². The number of carboxylic acids is 1. The van der Waals surface area contributed by atoms with Crippen LogP contribution in [0.15, 0.2) is 41.8 Å². The number of benzene rings is 1. The van der Waals surface area contributed by atoms with Gasteiger partial charge in [0, 0.05) is 47.5 Å². The van der Waals surface area contributed by atoms with Crippen LogP contribution in [0.4, 0.5) is 10.1 Å². The number of fused-ring (bicyclic) bond motifs is 2. The average Bonchev–Trinajstić information content (AvgIpc) is 3.66. The van der Waals surface area contributed by atoms with Gasteiger partial charge in [-0.3, -0.25) is 9.59 Å². The molecule has 0 aliphatic carbocycles. The zero-order valence-corrected chi connectivity index (χ0v) is 23.0. The van der Waals surface area contributed by atoms with Gasteiger partial charge < -0.3 is 14.9 Å². The number of hydrogen-bond acceptors (Lipinski definition) is 6. The summed E-state index contributed by atoms with van der Waals surface area (Å²) in [4.78, 5) is 34.9. The molecule has 0 saturated carbocycles. The van der Waals surface area contributed by atoms with E-state index in [0.29, 0.717) is 60.8 Å². The number of aromatic nitrogens is 3. The molecular formula is C29H30FN5O3S. The zero-order valence-electron chi connectivity index (χ0n) is 22.1. The minimum absolute atomic E-state index is 0.0207. The zero-order chi connectivity index (χ0) is 27.5. The van der Waals surface area contributed by atoms with Crippen LogP contribution < -0.4 is 4.90 Å². The van der Waals surface area contributed by atoms with Crippen molar-refractivity contribution in [2.24, 2.45) is 5.41 Å². The molecule has 202 valence electrons. The first-order chi connectivity index (χ1) is 18.7. The number of carbonyl (C=O) groups excluding carboxylic acids is 1. The Kier molecular flexibility index (Phi) is 6.17. The Labute approximate surface area is 229 Å². The van der Waals surface area contributed by atoms with Crippen molar-refractivity contribution < 1.29 is 19.1 Å². The largest absolute Gasteiger partial charge is 0.481 e. The van der Waals surface area contributed by atoms with Gasteiger partial charge in [-0.1, -0.05) is 6.92 Å². The molecule has 1 saturated heterocycles. The molecule has 3 aromatic heterocycles. The first-order valence-corrected chi connectivity index (χ1v) is 14.1. The Morgan fingerprint density at radius 2 is 2.03 bits per heavy atom. The summed E-state index contributed by atoms with van der Waals surface area (Å²) in [6.45, 7) is 7.29. The molecule has 2 atom stereocenters. The van der Waals surface area contributed by atoms with E-state index in [1.165, 1.54) is 16.5 Å². The topological polar surface area (TPSA) is 91.0 Å². The molecule has 1 amide bonds. The lowest BCUT2D eigenvalue weighted by Crippen LogP contribution is -2.38. The number of aryl methyl sites for hydroxylation is 1. The number of thiophene rings is 1. The van der Waals surface area contributed by atoms with Gasteiger partial charge in [0.1, 0.15) is 11.5 Å². The number of amides is 1. The quantitative estimate of drug-likeness (QED) is 0.369. The SMILES string of the molecule is CCc1cc(C(=O)N2CCc3sccc3C2C)nc2cc(-c3ccc(N4CCC(C)(C(=O)O)C4)cc3F)nn12. The fraction of sp³-hybridized carbons (Fsp3) is 0.379. The van der Waals surface area contributed by atoms with E-state index in [2.05, 4.69) is 28.5 Å². The van der Waals surface area contributed by atoms with Crippen molar-refractivity contribution >= 4 is 34.5 Å². The molecule has 0 radical (unpaired) electrons. The van der Waals surface area contributed by atoms with Gasteiger partial charge in [0.05, 0.1) is 17.2 Å². The molecule has 0 spiro atoms. The number of rotatable bonds is 5. The molecule has 1 aromatic carbocycles. The van der Waals surface area contributed by atoms with Gasteiger partial charge in [-0.25, -0.2) is 13.9 Å². The standard InChI is InChI=1S/C29H30FN5O3S/c1-4-18-14-24(27(36)34-10-7-25-20(17(34)2)8-12-39-25)31-26-15-23(32-35(18)26)21-6-5-19(13-22(21)30)33-11-9-29(3,16-33)28(37)38/h5-6,8,12-15,17H,4,7,9-11,16H2,1-3H3,(H,37,38). The average molecular weight is 548 g/mol. The van der Waals surface area contributed by atoms with Gasteiger partial charge in [-0.05, 0) is 74.4 Å². The van der Waals surface area contributed by atoms with Crippen molar-refractivity contribution in [3.05, 3.63) is 69.4 Å². The second kappa shape index (κ2) is 9.44. The smallest absolute Gasteiger partial charge is 0.311 e. The number of aliphatic carboxylic acids is 1. The Morgan fingerprint density at radius 3 is 2.74 bits per heavy atom. The number of halogens is 1. The molecule has 1 N–H and O–H groups in total. The molecule has 8 nitrogen and oxygen atoms in total. The van der Waals surface area contributed by atoms with Gasteiger partial charge >= 0.3 is 5.97 Å². The van der Waals surface area contributed by atoms with Crippen LogP contribution in [0.1, 0.15) is 59.9 Å². The van der Waals surface area contributed by atoms with E-state index < -0.39 is 17.2 Å². The third-order valence-corrected chi connectivity index (χ3v) is 9.20. The van der Waals surface area contributed by atoms with E-state index in [-0.39, 0.29) is 11.9 Å². The number of carbonyl (C=O) groups is 2. The highest BCUT2D eigenvalue weighted by Crippen LogP contribution is 2.36. The summed E-state index contributed by atoms with van der Waals surface area (Å²) in [5.74, 6) is -1.40.